The third kappa shape index (κ3) is 3.09. The molecular weight excluding hydrogens is 298 g/mol. The molecule has 0 radical (unpaired) electrons. The first-order valence-electron chi connectivity index (χ1n) is 6.79. The number of ether oxygens (including phenoxy) is 1. The van der Waals surface area contributed by atoms with Gasteiger partial charge in [0, 0.05) is 5.56 Å². The Bertz CT molecular complexity index is 783. The lowest BCUT2D eigenvalue weighted by molar-refractivity contribution is 0.404. The van der Waals surface area contributed by atoms with Gasteiger partial charge in [0.2, 0.25) is 5.89 Å². The van der Waals surface area contributed by atoms with E-state index in [0.717, 1.165) is 5.56 Å². The van der Waals surface area contributed by atoms with Crippen LogP contribution in [0, 0.1) is 0 Å². The van der Waals surface area contributed by atoms with Crippen LogP contribution < -0.4 is 4.74 Å². The zero-order chi connectivity index (χ0) is 15.4. The van der Waals surface area contributed by atoms with E-state index in [1.54, 1.807) is 25.5 Å². The second-order valence-corrected chi connectivity index (χ2v) is 6.07. The molecule has 0 fully saturated rings. The number of aromatic nitrogens is 1. The fourth-order valence-electron chi connectivity index (χ4n) is 2.11. The first kappa shape index (κ1) is 14.5. The zero-order valence-electron chi connectivity index (χ0n) is 12.1. The molecule has 1 aromatic heterocycles. The van der Waals surface area contributed by atoms with Crippen LogP contribution in [0.25, 0.3) is 11.5 Å². The summed E-state index contributed by atoms with van der Waals surface area (Å²) in [5.74, 6) is 1.44. The lowest BCUT2D eigenvalue weighted by atomic mass is 10.2. The Balaban J connectivity index is 1.79. The lowest BCUT2D eigenvalue weighted by Gasteiger charge is -2.06. The molecule has 0 amide bonds. The maximum absolute atomic E-state index is 12.5. The van der Waals surface area contributed by atoms with Crippen LogP contribution in [0.5, 0.6) is 5.75 Å². The summed E-state index contributed by atoms with van der Waals surface area (Å²) < 4.78 is 23.2. The Kier molecular flexibility index (Phi) is 4.34. The smallest absolute Gasteiger partial charge is 0.226 e. The normalized spacial score (nSPS) is 12.0. The van der Waals surface area contributed by atoms with E-state index in [4.69, 9.17) is 9.15 Å². The van der Waals surface area contributed by atoms with Gasteiger partial charge in [0.15, 0.2) is 0 Å². The minimum Gasteiger partial charge on any atom is -0.495 e. The van der Waals surface area contributed by atoms with Crippen molar-refractivity contribution >= 4 is 10.8 Å². The van der Waals surface area contributed by atoms with E-state index in [0.29, 0.717) is 22.2 Å². The number of oxazole rings is 1. The molecule has 0 bridgehead atoms. The third-order valence-corrected chi connectivity index (χ3v) is 4.55. The lowest BCUT2D eigenvalue weighted by Crippen LogP contribution is -1.99. The van der Waals surface area contributed by atoms with E-state index >= 15 is 0 Å². The molecule has 112 valence electrons. The summed E-state index contributed by atoms with van der Waals surface area (Å²) in [7, 11) is 0.333. The summed E-state index contributed by atoms with van der Waals surface area (Å²) in [6.45, 7) is 0. The minimum atomic E-state index is -1.24. The molecule has 0 saturated carbocycles. The Hall–Kier alpha value is -2.40. The number of rotatable bonds is 5. The van der Waals surface area contributed by atoms with Crippen molar-refractivity contribution in [2.75, 3.05) is 7.11 Å². The molecule has 0 saturated heterocycles. The molecule has 1 heterocycles. The van der Waals surface area contributed by atoms with E-state index in [9.17, 15) is 4.21 Å². The molecule has 0 spiro atoms. The van der Waals surface area contributed by atoms with Gasteiger partial charge in [-0.2, -0.15) is 0 Å². The average Bonchev–Trinajstić information content (AvgIpc) is 3.04. The summed E-state index contributed by atoms with van der Waals surface area (Å²) in [5.41, 5.74) is 1.56. The summed E-state index contributed by atoms with van der Waals surface area (Å²) in [6, 6.07) is 16.9. The average molecular weight is 313 g/mol. The van der Waals surface area contributed by atoms with Gasteiger partial charge in [-0.05, 0) is 24.3 Å². The Labute approximate surface area is 131 Å². The number of nitrogens with zero attached hydrogens (tertiary/aromatic N) is 1. The van der Waals surface area contributed by atoms with E-state index in [1.165, 1.54) is 0 Å². The maximum Gasteiger partial charge on any atom is 0.226 e. The molecule has 4 nitrogen and oxygen atoms in total. The highest BCUT2D eigenvalue weighted by atomic mass is 32.2. The van der Waals surface area contributed by atoms with Crippen LogP contribution in [-0.2, 0) is 16.6 Å². The van der Waals surface area contributed by atoms with Gasteiger partial charge in [-0.3, -0.25) is 4.21 Å². The van der Waals surface area contributed by atoms with Crippen molar-refractivity contribution in [3.63, 3.8) is 0 Å². The Morgan fingerprint density at radius 1 is 1.09 bits per heavy atom. The standard InChI is InChI=1S/C17H15NO3S/c1-20-15-9-5-6-10-16(15)22(19)12-14-11-21-17(18-14)13-7-3-2-4-8-13/h2-11H,12H2,1H3/t22-/m0/s1. The monoisotopic (exact) mass is 313 g/mol. The predicted molar refractivity (Wildman–Crippen MR) is 85.0 cm³/mol. The number of para-hydroxylation sites is 1. The van der Waals surface area contributed by atoms with Gasteiger partial charge in [0.05, 0.1) is 34.3 Å². The fraction of sp³-hybridized carbons (Fsp3) is 0.118. The van der Waals surface area contributed by atoms with Crippen molar-refractivity contribution in [3.8, 4) is 17.2 Å². The molecule has 0 aliphatic heterocycles. The number of hydrogen-bond acceptors (Lipinski definition) is 4. The van der Waals surface area contributed by atoms with Crippen molar-refractivity contribution in [2.24, 2.45) is 0 Å². The quantitative estimate of drug-likeness (QED) is 0.721. The largest absolute Gasteiger partial charge is 0.495 e. The zero-order valence-corrected chi connectivity index (χ0v) is 12.9. The van der Waals surface area contributed by atoms with Crippen molar-refractivity contribution in [1.29, 1.82) is 0 Å². The molecule has 1 atom stereocenters. The van der Waals surface area contributed by atoms with Crippen LogP contribution in [0.1, 0.15) is 5.69 Å². The van der Waals surface area contributed by atoms with Crippen molar-refractivity contribution < 1.29 is 13.4 Å². The molecule has 22 heavy (non-hydrogen) atoms. The van der Waals surface area contributed by atoms with Gasteiger partial charge in [-0.1, -0.05) is 30.3 Å². The molecule has 3 aromatic rings. The van der Waals surface area contributed by atoms with Gasteiger partial charge < -0.3 is 9.15 Å². The second kappa shape index (κ2) is 6.58. The van der Waals surface area contributed by atoms with Crippen LogP contribution in [0.3, 0.4) is 0 Å². The molecule has 0 aliphatic carbocycles. The summed E-state index contributed by atoms with van der Waals surface area (Å²) in [4.78, 5) is 5.06. The van der Waals surface area contributed by atoms with Gasteiger partial charge >= 0.3 is 0 Å². The number of benzene rings is 2. The predicted octanol–water partition coefficient (Wildman–Crippen LogP) is 3.66. The molecule has 0 N–H and O–H groups in total. The highest BCUT2D eigenvalue weighted by Crippen LogP contribution is 2.24. The van der Waals surface area contributed by atoms with Gasteiger partial charge in [-0.25, -0.2) is 4.98 Å². The molecule has 0 aliphatic rings. The summed E-state index contributed by atoms with van der Waals surface area (Å²) >= 11 is 0. The summed E-state index contributed by atoms with van der Waals surface area (Å²) in [6.07, 6.45) is 1.55. The number of hydrogen-bond donors (Lipinski definition) is 0. The molecule has 5 heteroatoms. The van der Waals surface area contributed by atoms with Crippen molar-refractivity contribution in [1.82, 2.24) is 4.98 Å². The van der Waals surface area contributed by atoms with Crippen LogP contribution in [0.15, 0.2) is 70.2 Å². The SMILES string of the molecule is COc1ccccc1[S@@](=O)Cc1coc(-c2ccccc2)n1. The molecule has 0 unspecified atom stereocenters. The third-order valence-electron chi connectivity index (χ3n) is 3.17. The van der Waals surface area contributed by atoms with Crippen LogP contribution in [0.4, 0.5) is 0 Å². The minimum absolute atomic E-state index is 0.288. The maximum atomic E-state index is 12.5. The van der Waals surface area contributed by atoms with Gasteiger partial charge in [0.1, 0.15) is 12.0 Å². The highest BCUT2D eigenvalue weighted by molar-refractivity contribution is 7.84. The van der Waals surface area contributed by atoms with Crippen LogP contribution in [-0.4, -0.2) is 16.3 Å². The highest BCUT2D eigenvalue weighted by Gasteiger charge is 2.14. The van der Waals surface area contributed by atoms with Crippen LogP contribution in [0.2, 0.25) is 0 Å². The number of methoxy groups -OCH3 is 1. The molecular formula is C17H15NO3S. The van der Waals surface area contributed by atoms with Crippen molar-refractivity contribution in [2.45, 2.75) is 10.6 Å². The van der Waals surface area contributed by atoms with Gasteiger partial charge in [0.25, 0.3) is 0 Å². The van der Waals surface area contributed by atoms with E-state index in [1.807, 2.05) is 42.5 Å². The second-order valence-electron chi connectivity index (χ2n) is 4.65. The summed E-state index contributed by atoms with van der Waals surface area (Å²) in [5, 5.41) is 0. The molecule has 3 rings (SSSR count). The first-order chi connectivity index (χ1) is 10.8. The van der Waals surface area contributed by atoms with E-state index in [-0.39, 0.29) is 5.75 Å². The van der Waals surface area contributed by atoms with E-state index in [2.05, 4.69) is 4.98 Å². The van der Waals surface area contributed by atoms with Crippen molar-refractivity contribution in [3.05, 3.63) is 66.6 Å². The fourth-order valence-corrected chi connectivity index (χ4v) is 3.27. The molecule has 2 aromatic carbocycles. The van der Waals surface area contributed by atoms with Gasteiger partial charge in [-0.15, -0.1) is 0 Å². The topological polar surface area (TPSA) is 52.3 Å². The Morgan fingerprint density at radius 3 is 2.59 bits per heavy atom. The Morgan fingerprint density at radius 2 is 1.82 bits per heavy atom. The van der Waals surface area contributed by atoms with Crippen LogP contribution >= 0.6 is 0 Å². The van der Waals surface area contributed by atoms with E-state index < -0.39 is 10.8 Å². The first-order valence-corrected chi connectivity index (χ1v) is 8.11.